The lowest BCUT2D eigenvalue weighted by atomic mass is 10.1. The van der Waals surface area contributed by atoms with Gasteiger partial charge in [0, 0.05) is 6.54 Å². The molecule has 0 fully saturated rings. The zero-order valence-corrected chi connectivity index (χ0v) is 15.0. The first-order chi connectivity index (χ1) is 11.8. The van der Waals surface area contributed by atoms with E-state index in [0.717, 1.165) is 17.2 Å². The Morgan fingerprint density at radius 2 is 1.84 bits per heavy atom. The van der Waals surface area contributed by atoms with Crippen molar-refractivity contribution in [3.63, 3.8) is 0 Å². The third-order valence-corrected chi connectivity index (χ3v) is 5.33. The van der Waals surface area contributed by atoms with Gasteiger partial charge in [-0.15, -0.1) is 0 Å². The number of hydrogen-bond donors (Lipinski definition) is 2. The van der Waals surface area contributed by atoms with Crippen molar-refractivity contribution in [3.05, 3.63) is 65.0 Å². The van der Waals surface area contributed by atoms with Crippen molar-refractivity contribution < 1.29 is 22.7 Å². The number of aliphatic hydroxyl groups is 1. The summed E-state index contributed by atoms with van der Waals surface area (Å²) in [7, 11) is -3.80. The predicted octanol–water partition coefficient (Wildman–Crippen LogP) is 2.47. The SMILES string of the molecule is Cc1ccc(C(CNS(=O)(=O)c2ccc(F)cc2C)OCCO)cc1. The molecule has 0 aromatic heterocycles. The summed E-state index contributed by atoms with van der Waals surface area (Å²) in [4.78, 5) is 0.0266. The molecule has 2 aromatic carbocycles. The fourth-order valence-electron chi connectivity index (χ4n) is 2.43. The van der Waals surface area contributed by atoms with Gasteiger partial charge in [0.2, 0.25) is 10.0 Å². The van der Waals surface area contributed by atoms with Crippen LogP contribution < -0.4 is 4.72 Å². The van der Waals surface area contributed by atoms with Crippen LogP contribution >= 0.6 is 0 Å². The van der Waals surface area contributed by atoms with Crippen LogP contribution in [-0.2, 0) is 14.8 Å². The van der Waals surface area contributed by atoms with Gasteiger partial charge < -0.3 is 9.84 Å². The maximum atomic E-state index is 13.2. The Morgan fingerprint density at radius 1 is 1.16 bits per heavy atom. The number of rotatable bonds is 8. The Bertz CT molecular complexity index is 806. The van der Waals surface area contributed by atoms with Crippen LogP contribution in [0.4, 0.5) is 4.39 Å². The first-order valence-corrected chi connectivity index (χ1v) is 9.36. The highest BCUT2D eigenvalue weighted by Gasteiger charge is 2.20. The maximum absolute atomic E-state index is 13.2. The van der Waals surface area contributed by atoms with Crippen molar-refractivity contribution >= 4 is 10.0 Å². The van der Waals surface area contributed by atoms with E-state index in [9.17, 15) is 12.8 Å². The first kappa shape index (κ1) is 19.5. The summed E-state index contributed by atoms with van der Waals surface area (Å²) >= 11 is 0. The summed E-state index contributed by atoms with van der Waals surface area (Å²) in [6.07, 6.45) is -0.539. The van der Waals surface area contributed by atoms with E-state index in [1.807, 2.05) is 31.2 Å². The van der Waals surface area contributed by atoms with Crippen LogP contribution in [0.15, 0.2) is 47.4 Å². The largest absolute Gasteiger partial charge is 0.394 e. The molecule has 0 amide bonds. The maximum Gasteiger partial charge on any atom is 0.240 e. The second-order valence-electron chi connectivity index (χ2n) is 5.76. The van der Waals surface area contributed by atoms with Gasteiger partial charge in [0.25, 0.3) is 0 Å². The summed E-state index contributed by atoms with van der Waals surface area (Å²) < 4.78 is 46.2. The van der Waals surface area contributed by atoms with Crippen LogP contribution in [0.25, 0.3) is 0 Å². The first-order valence-electron chi connectivity index (χ1n) is 7.88. The molecule has 0 heterocycles. The van der Waals surface area contributed by atoms with Gasteiger partial charge in [-0.1, -0.05) is 29.8 Å². The molecule has 136 valence electrons. The van der Waals surface area contributed by atoms with Gasteiger partial charge in [0.15, 0.2) is 0 Å². The number of halogens is 1. The average Bonchev–Trinajstić information content (AvgIpc) is 2.55. The lowest BCUT2D eigenvalue weighted by molar-refractivity contribution is 0.0309. The number of aryl methyl sites for hydroxylation is 2. The summed E-state index contributed by atoms with van der Waals surface area (Å²) in [5.74, 6) is -0.486. The molecular formula is C18H22FNO4S. The Hall–Kier alpha value is -1.80. The second kappa shape index (κ2) is 8.53. The zero-order valence-electron chi connectivity index (χ0n) is 14.2. The normalized spacial score (nSPS) is 13.0. The number of hydrogen-bond acceptors (Lipinski definition) is 4. The van der Waals surface area contributed by atoms with Crippen molar-refractivity contribution in [2.24, 2.45) is 0 Å². The van der Waals surface area contributed by atoms with E-state index in [2.05, 4.69) is 4.72 Å². The standard InChI is InChI=1S/C18H22FNO4S/c1-13-3-5-15(6-4-13)17(24-10-9-21)12-20-25(22,23)18-8-7-16(19)11-14(18)2/h3-8,11,17,20-21H,9-10,12H2,1-2H3. The lowest BCUT2D eigenvalue weighted by Gasteiger charge is -2.19. The van der Waals surface area contributed by atoms with Crippen LogP contribution in [0.2, 0.25) is 0 Å². The van der Waals surface area contributed by atoms with E-state index in [1.165, 1.54) is 19.1 Å². The summed E-state index contributed by atoms with van der Waals surface area (Å²) in [5, 5.41) is 8.98. The van der Waals surface area contributed by atoms with Gasteiger partial charge in [-0.25, -0.2) is 17.5 Å². The Morgan fingerprint density at radius 3 is 2.44 bits per heavy atom. The minimum Gasteiger partial charge on any atom is -0.394 e. The molecule has 1 atom stereocenters. The molecule has 7 heteroatoms. The molecule has 5 nitrogen and oxygen atoms in total. The molecule has 2 aromatic rings. The van der Waals surface area contributed by atoms with Crippen molar-refractivity contribution in [1.29, 1.82) is 0 Å². The van der Waals surface area contributed by atoms with E-state index in [0.29, 0.717) is 5.56 Å². The number of benzene rings is 2. The molecule has 1 unspecified atom stereocenters. The smallest absolute Gasteiger partial charge is 0.240 e. The number of ether oxygens (including phenoxy) is 1. The molecule has 0 radical (unpaired) electrons. The minimum atomic E-state index is -3.80. The fraction of sp³-hybridized carbons (Fsp3) is 0.333. The molecular weight excluding hydrogens is 345 g/mol. The van der Waals surface area contributed by atoms with Crippen LogP contribution in [-0.4, -0.2) is 33.3 Å². The van der Waals surface area contributed by atoms with E-state index in [-0.39, 0.29) is 24.7 Å². The third kappa shape index (κ3) is 5.34. The van der Waals surface area contributed by atoms with Crippen molar-refractivity contribution in [3.8, 4) is 0 Å². The van der Waals surface area contributed by atoms with Crippen molar-refractivity contribution in [2.75, 3.05) is 19.8 Å². The molecule has 2 N–H and O–H groups in total. The van der Waals surface area contributed by atoms with Gasteiger partial charge in [-0.05, 0) is 43.2 Å². The molecule has 0 saturated heterocycles. The molecule has 0 aliphatic rings. The average molecular weight is 367 g/mol. The Balaban J connectivity index is 2.17. The van der Waals surface area contributed by atoms with Gasteiger partial charge in [0.05, 0.1) is 24.2 Å². The van der Waals surface area contributed by atoms with Gasteiger partial charge in [0.1, 0.15) is 5.82 Å². The second-order valence-corrected chi connectivity index (χ2v) is 7.49. The molecule has 0 bridgehead atoms. The van der Waals surface area contributed by atoms with Crippen LogP contribution in [0.3, 0.4) is 0 Å². The van der Waals surface area contributed by atoms with Crippen LogP contribution in [0.1, 0.15) is 22.8 Å². The van der Waals surface area contributed by atoms with E-state index < -0.39 is 21.9 Å². The van der Waals surface area contributed by atoms with Gasteiger partial charge in [-0.3, -0.25) is 0 Å². The van der Waals surface area contributed by atoms with Crippen molar-refractivity contribution in [1.82, 2.24) is 4.72 Å². The third-order valence-electron chi connectivity index (χ3n) is 3.74. The molecule has 0 spiro atoms. The van der Waals surface area contributed by atoms with E-state index in [4.69, 9.17) is 9.84 Å². The van der Waals surface area contributed by atoms with Crippen LogP contribution in [0.5, 0.6) is 0 Å². The number of sulfonamides is 1. The predicted molar refractivity (Wildman–Crippen MR) is 93.3 cm³/mol. The monoisotopic (exact) mass is 367 g/mol. The summed E-state index contributed by atoms with van der Waals surface area (Å²) in [6, 6.07) is 11.0. The number of aliphatic hydroxyl groups excluding tert-OH is 1. The molecule has 25 heavy (non-hydrogen) atoms. The summed E-state index contributed by atoms with van der Waals surface area (Å²) in [6.45, 7) is 3.43. The lowest BCUT2D eigenvalue weighted by Crippen LogP contribution is -2.30. The Kier molecular flexibility index (Phi) is 6.66. The molecule has 0 saturated carbocycles. The Labute approximate surface area is 147 Å². The van der Waals surface area contributed by atoms with Crippen LogP contribution in [0, 0.1) is 19.7 Å². The molecule has 0 aliphatic carbocycles. The van der Waals surface area contributed by atoms with Gasteiger partial charge in [-0.2, -0.15) is 0 Å². The zero-order chi connectivity index (χ0) is 18.4. The molecule has 2 rings (SSSR count). The van der Waals surface area contributed by atoms with Crippen molar-refractivity contribution in [2.45, 2.75) is 24.8 Å². The van der Waals surface area contributed by atoms with Gasteiger partial charge >= 0.3 is 0 Å². The highest BCUT2D eigenvalue weighted by molar-refractivity contribution is 7.89. The van der Waals surface area contributed by atoms with E-state index >= 15 is 0 Å². The topological polar surface area (TPSA) is 75.6 Å². The fourth-order valence-corrected chi connectivity index (χ4v) is 3.68. The quantitative estimate of drug-likeness (QED) is 0.752. The summed E-state index contributed by atoms with van der Waals surface area (Å²) in [5.41, 5.74) is 2.21. The highest BCUT2D eigenvalue weighted by Crippen LogP contribution is 2.20. The van der Waals surface area contributed by atoms with E-state index in [1.54, 1.807) is 0 Å². The molecule has 0 aliphatic heterocycles. The minimum absolute atomic E-state index is 0.00219. The highest BCUT2D eigenvalue weighted by atomic mass is 32.2. The number of nitrogens with one attached hydrogen (secondary N) is 1.